The van der Waals surface area contributed by atoms with Crippen molar-refractivity contribution in [2.75, 3.05) is 6.54 Å². The summed E-state index contributed by atoms with van der Waals surface area (Å²) in [6, 6.07) is 8.18. The Balaban J connectivity index is 2.06. The minimum absolute atomic E-state index is 0.179. The molecule has 0 amide bonds. The highest BCUT2D eigenvalue weighted by Crippen LogP contribution is 2.26. The Kier molecular flexibility index (Phi) is 5.22. The van der Waals surface area contributed by atoms with E-state index in [9.17, 15) is 8.42 Å². The molecule has 4 heteroatoms. The molecule has 1 aliphatic rings. The Hall–Kier alpha value is -0.870. The van der Waals surface area contributed by atoms with Gasteiger partial charge in [0.15, 0.2) is 9.84 Å². The van der Waals surface area contributed by atoms with Crippen LogP contribution in [-0.4, -0.2) is 26.3 Å². The largest absolute Gasteiger partial charge is 0.314 e. The third kappa shape index (κ3) is 4.06. The molecule has 1 saturated carbocycles. The molecule has 0 heterocycles. The van der Waals surface area contributed by atoms with Crippen molar-refractivity contribution in [2.24, 2.45) is 0 Å². The maximum Gasteiger partial charge on any atom is 0.157 e. The summed E-state index contributed by atoms with van der Waals surface area (Å²) in [5.74, 6) is 0.179. The van der Waals surface area contributed by atoms with Gasteiger partial charge in [-0.3, -0.25) is 0 Å². The van der Waals surface area contributed by atoms with Gasteiger partial charge in [0.2, 0.25) is 0 Å². The quantitative estimate of drug-likeness (QED) is 0.908. The number of sulfone groups is 1. The minimum Gasteiger partial charge on any atom is -0.314 e. The van der Waals surface area contributed by atoms with E-state index in [-0.39, 0.29) is 11.0 Å². The van der Waals surface area contributed by atoms with Crippen LogP contribution < -0.4 is 5.32 Å². The Morgan fingerprint density at radius 3 is 2.80 bits per heavy atom. The van der Waals surface area contributed by atoms with Crippen LogP contribution in [-0.2, 0) is 15.6 Å². The molecule has 2 unspecified atom stereocenters. The lowest BCUT2D eigenvalue weighted by Gasteiger charge is -2.29. The molecule has 1 fully saturated rings. The Bertz CT molecular complexity index is 537. The summed E-state index contributed by atoms with van der Waals surface area (Å²) in [7, 11) is -3.04. The maximum atomic E-state index is 12.6. The van der Waals surface area contributed by atoms with E-state index in [1.807, 2.05) is 31.2 Å². The van der Waals surface area contributed by atoms with Crippen LogP contribution in [0.4, 0.5) is 0 Å². The van der Waals surface area contributed by atoms with E-state index < -0.39 is 9.84 Å². The molecule has 2 atom stereocenters. The molecular formula is C16H25NO2S. The van der Waals surface area contributed by atoms with E-state index in [2.05, 4.69) is 12.2 Å². The van der Waals surface area contributed by atoms with Crippen molar-refractivity contribution in [2.45, 2.75) is 56.6 Å². The molecule has 0 bridgehead atoms. The van der Waals surface area contributed by atoms with Crippen LogP contribution in [0.5, 0.6) is 0 Å². The van der Waals surface area contributed by atoms with Crippen LogP contribution in [0.2, 0.25) is 0 Å². The zero-order chi connectivity index (χ0) is 14.6. The molecule has 0 spiro atoms. The second-order valence-electron chi connectivity index (χ2n) is 5.84. The summed E-state index contributed by atoms with van der Waals surface area (Å²) in [6.45, 7) is 4.98. The molecule has 0 aliphatic heterocycles. The molecule has 1 aromatic carbocycles. The zero-order valence-corrected chi connectivity index (χ0v) is 13.2. The fourth-order valence-corrected chi connectivity index (χ4v) is 5.03. The molecule has 2 rings (SSSR count). The van der Waals surface area contributed by atoms with Crippen LogP contribution in [0.1, 0.15) is 43.7 Å². The Morgan fingerprint density at radius 1 is 1.30 bits per heavy atom. The van der Waals surface area contributed by atoms with Crippen molar-refractivity contribution >= 4 is 9.84 Å². The fourth-order valence-electron chi connectivity index (χ4n) is 3.10. The normalized spacial score (nSPS) is 23.7. The molecule has 0 radical (unpaired) electrons. The monoisotopic (exact) mass is 295 g/mol. The highest BCUT2D eigenvalue weighted by atomic mass is 32.2. The van der Waals surface area contributed by atoms with Crippen LogP contribution >= 0.6 is 0 Å². The van der Waals surface area contributed by atoms with E-state index in [4.69, 9.17) is 0 Å². The molecular weight excluding hydrogens is 270 g/mol. The van der Waals surface area contributed by atoms with E-state index in [0.29, 0.717) is 6.04 Å². The minimum atomic E-state index is -3.04. The van der Waals surface area contributed by atoms with Crippen LogP contribution in [0, 0.1) is 6.92 Å². The average molecular weight is 295 g/mol. The topological polar surface area (TPSA) is 46.2 Å². The fraction of sp³-hybridized carbons (Fsp3) is 0.625. The lowest BCUT2D eigenvalue weighted by atomic mass is 9.95. The number of nitrogens with one attached hydrogen (secondary N) is 1. The second kappa shape index (κ2) is 6.72. The number of benzene rings is 1. The standard InChI is InChI=1S/C16H25NO2S/c1-3-17-15-8-5-9-16(11-15)20(18,19)12-14-7-4-6-13(2)10-14/h4,6-7,10,15-17H,3,5,8-9,11-12H2,1-2H3. The lowest BCUT2D eigenvalue weighted by molar-refractivity contribution is 0.377. The summed E-state index contributed by atoms with van der Waals surface area (Å²) < 4.78 is 25.2. The number of hydrogen-bond donors (Lipinski definition) is 1. The molecule has 20 heavy (non-hydrogen) atoms. The van der Waals surface area contributed by atoms with Crippen LogP contribution in [0.3, 0.4) is 0 Å². The van der Waals surface area contributed by atoms with Crippen molar-refractivity contribution in [3.8, 4) is 0 Å². The maximum absolute atomic E-state index is 12.6. The first-order chi connectivity index (χ1) is 9.51. The van der Waals surface area contributed by atoms with E-state index >= 15 is 0 Å². The van der Waals surface area contributed by atoms with Gasteiger partial charge in [-0.15, -0.1) is 0 Å². The summed E-state index contributed by atoms with van der Waals surface area (Å²) >= 11 is 0. The van der Waals surface area contributed by atoms with Gasteiger partial charge in [-0.2, -0.15) is 0 Å². The van der Waals surface area contributed by atoms with Gasteiger partial charge >= 0.3 is 0 Å². The van der Waals surface area contributed by atoms with Crippen molar-refractivity contribution in [1.29, 1.82) is 0 Å². The number of rotatable bonds is 5. The van der Waals surface area contributed by atoms with Crippen molar-refractivity contribution in [3.05, 3.63) is 35.4 Å². The van der Waals surface area contributed by atoms with Gasteiger partial charge in [0.25, 0.3) is 0 Å². The molecule has 1 aliphatic carbocycles. The summed E-state index contributed by atoms with van der Waals surface area (Å²) in [6.07, 6.45) is 3.69. The smallest absolute Gasteiger partial charge is 0.157 e. The first-order valence-corrected chi connectivity index (χ1v) is 9.23. The Morgan fingerprint density at radius 2 is 2.10 bits per heavy atom. The summed E-state index contributed by atoms with van der Waals surface area (Å²) in [4.78, 5) is 0. The second-order valence-corrected chi connectivity index (χ2v) is 8.12. The molecule has 1 aromatic rings. The molecule has 112 valence electrons. The van der Waals surface area contributed by atoms with Gasteiger partial charge in [-0.1, -0.05) is 43.2 Å². The number of aryl methyl sites for hydroxylation is 1. The van der Waals surface area contributed by atoms with Crippen molar-refractivity contribution in [3.63, 3.8) is 0 Å². The average Bonchev–Trinajstić information content (AvgIpc) is 2.39. The van der Waals surface area contributed by atoms with Gasteiger partial charge in [0.05, 0.1) is 11.0 Å². The zero-order valence-electron chi connectivity index (χ0n) is 12.4. The predicted molar refractivity (Wildman–Crippen MR) is 83.5 cm³/mol. The highest BCUT2D eigenvalue weighted by molar-refractivity contribution is 7.91. The van der Waals surface area contributed by atoms with Gasteiger partial charge in [-0.25, -0.2) is 8.42 Å². The first kappa shape index (κ1) is 15.5. The molecule has 0 aromatic heterocycles. The number of hydrogen-bond acceptors (Lipinski definition) is 3. The summed E-state index contributed by atoms with van der Waals surface area (Å²) in [5, 5.41) is 3.22. The molecule has 0 saturated heterocycles. The van der Waals surface area contributed by atoms with Crippen LogP contribution in [0.25, 0.3) is 0 Å². The van der Waals surface area contributed by atoms with E-state index in [1.54, 1.807) is 0 Å². The SMILES string of the molecule is CCNC1CCCC(S(=O)(=O)Cc2cccc(C)c2)C1. The van der Waals surface area contributed by atoms with Gasteiger partial charge in [-0.05, 0) is 38.3 Å². The van der Waals surface area contributed by atoms with E-state index in [0.717, 1.165) is 43.4 Å². The van der Waals surface area contributed by atoms with E-state index in [1.165, 1.54) is 0 Å². The Labute approximate surface area is 122 Å². The van der Waals surface area contributed by atoms with Gasteiger partial charge in [0.1, 0.15) is 0 Å². The predicted octanol–water partition coefficient (Wildman–Crippen LogP) is 2.83. The van der Waals surface area contributed by atoms with Gasteiger partial charge < -0.3 is 5.32 Å². The molecule has 3 nitrogen and oxygen atoms in total. The summed E-state index contributed by atoms with van der Waals surface area (Å²) in [5.41, 5.74) is 2.03. The lowest BCUT2D eigenvalue weighted by Crippen LogP contribution is -2.39. The highest BCUT2D eigenvalue weighted by Gasteiger charge is 2.31. The third-order valence-electron chi connectivity index (χ3n) is 4.08. The molecule has 1 N–H and O–H groups in total. The van der Waals surface area contributed by atoms with Gasteiger partial charge in [0, 0.05) is 6.04 Å². The van der Waals surface area contributed by atoms with Crippen molar-refractivity contribution < 1.29 is 8.42 Å². The van der Waals surface area contributed by atoms with Crippen molar-refractivity contribution in [1.82, 2.24) is 5.32 Å². The first-order valence-electron chi connectivity index (χ1n) is 7.51. The van der Waals surface area contributed by atoms with Crippen LogP contribution in [0.15, 0.2) is 24.3 Å². The third-order valence-corrected chi connectivity index (χ3v) is 6.26.